The number of imidazole rings is 1. The molecule has 1 aromatic carbocycles. The molecule has 0 unspecified atom stereocenters. The van der Waals surface area contributed by atoms with Gasteiger partial charge in [-0.05, 0) is 50.8 Å². The number of rotatable bonds is 4. The summed E-state index contributed by atoms with van der Waals surface area (Å²) in [4.78, 5) is 16.5. The van der Waals surface area contributed by atoms with Gasteiger partial charge in [-0.15, -0.1) is 0 Å². The quantitative estimate of drug-likeness (QED) is 0.416. The molecule has 172 valence electrons. The normalized spacial score (nSPS) is 19.2. The number of pyridine rings is 1. The van der Waals surface area contributed by atoms with Crippen molar-refractivity contribution < 1.29 is 18.0 Å². The minimum atomic E-state index is -4.49. The van der Waals surface area contributed by atoms with Crippen LogP contribution < -0.4 is 10.6 Å². The lowest BCUT2D eigenvalue weighted by Gasteiger charge is -2.30. The van der Waals surface area contributed by atoms with Crippen LogP contribution in [0.2, 0.25) is 0 Å². The van der Waals surface area contributed by atoms with E-state index in [1.165, 1.54) is 4.40 Å². The van der Waals surface area contributed by atoms with E-state index < -0.39 is 11.9 Å². The Bertz CT molecular complexity index is 1320. The summed E-state index contributed by atoms with van der Waals surface area (Å²) < 4.78 is 40.5. The highest BCUT2D eigenvalue weighted by Crippen LogP contribution is 2.30. The number of amides is 1. The third kappa shape index (κ3) is 4.12. The van der Waals surface area contributed by atoms with Gasteiger partial charge in [0.2, 0.25) is 0 Å². The molecule has 0 bridgehead atoms. The molecule has 3 N–H and O–H groups in total. The Labute approximate surface area is 187 Å². The predicted octanol–water partition coefficient (Wildman–Crippen LogP) is 4.69. The van der Waals surface area contributed by atoms with Crippen molar-refractivity contribution in [2.75, 3.05) is 5.32 Å². The maximum absolute atomic E-state index is 13.0. The van der Waals surface area contributed by atoms with Gasteiger partial charge < -0.3 is 10.6 Å². The van der Waals surface area contributed by atoms with E-state index in [9.17, 15) is 18.0 Å². The van der Waals surface area contributed by atoms with Crippen LogP contribution in [0.25, 0.3) is 16.6 Å². The summed E-state index contributed by atoms with van der Waals surface area (Å²) >= 11 is 0. The average Bonchev–Trinajstić information content (AvgIpc) is 3.40. The number of para-hydroxylation sites is 1. The number of nitrogens with zero attached hydrogens (tertiary/aromatic N) is 3. The fourth-order valence-corrected chi connectivity index (χ4v) is 4.47. The minimum Gasteiger partial charge on any atom is -0.368 e. The van der Waals surface area contributed by atoms with Crippen LogP contribution >= 0.6 is 0 Å². The Morgan fingerprint density at radius 2 is 1.82 bits per heavy atom. The molecule has 1 fully saturated rings. The van der Waals surface area contributed by atoms with E-state index in [4.69, 9.17) is 0 Å². The van der Waals surface area contributed by atoms with Gasteiger partial charge in [0.05, 0.1) is 5.56 Å². The number of anilines is 1. The number of halogens is 3. The number of carbonyl (C=O) groups excluding carboxylic acids is 1. The smallest absolute Gasteiger partial charge is 0.368 e. The number of alkyl halides is 3. The summed E-state index contributed by atoms with van der Waals surface area (Å²) in [6.07, 6.45) is -0.361. The van der Waals surface area contributed by atoms with Gasteiger partial charge in [0.25, 0.3) is 5.91 Å². The molecular weight excluding hydrogens is 433 g/mol. The second-order valence-electron chi connectivity index (χ2n) is 8.48. The highest BCUT2D eigenvalue weighted by molar-refractivity contribution is 6.06. The monoisotopic (exact) mass is 456 g/mol. The molecular formula is C23H23F3N6O. The first-order valence-electron chi connectivity index (χ1n) is 10.9. The lowest BCUT2D eigenvalue weighted by Crippen LogP contribution is -2.40. The van der Waals surface area contributed by atoms with E-state index in [-0.39, 0.29) is 23.6 Å². The number of nitrogens with one attached hydrogen (secondary N) is 3. The molecule has 0 atom stereocenters. The molecule has 33 heavy (non-hydrogen) atoms. The van der Waals surface area contributed by atoms with E-state index in [0.29, 0.717) is 16.9 Å². The van der Waals surface area contributed by atoms with Crippen molar-refractivity contribution in [1.29, 1.82) is 0 Å². The first-order chi connectivity index (χ1) is 15.8. The molecule has 3 aromatic heterocycles. The zero-order valence-corrected chi connectivity index (χ0v) is 17.9. The van der Waals surface area contributed by atoms with Gasteiger partial charge >= 0.3 is 6.18 Å². The Kier molecular flexibility index (Phi) is 5.22. The van der Waals surface area contributed by atoms with Gasteiger partial charge in [0, 0.05) is 29.4 Å². The third-order valence-corrected chi connectivity index (χ3v) is 6.22. The Morgan fingerprint density at radius 3 is 2.58 bits per heavy atom. The van der Waals surface area contributed by atoms with Gasteiger partial charge in [-0.3, -0.25) is 14.3 Å². The summed E-state index contributed by atoms with van der Waals surface area (Å²) in [5.74, 6) is 0.426. The minimum absolute atomic E-state index is 0.0340. The second kappa shape index (κ2) is 8.09. The first-order valence-corrected chi connectivity index (χ1v) is 10.9. The molecule has 0 saturated heterocycles. The second-order valence-corrected chi connectivity index (χ2v) is 8.48. The lowest BCUT2D eigenvalue weighted by atomic mass is 9.91. The van der Waals surface area contributed by atoms with Crippen molar-refractivity contribution in [3.05, 3.63) is 59.5 Å². The molecule has 7 nitrogen and oxygen atoms in total. The topological polar surface area (TPSA) is 87.1 Å². The first kappa shape index (κ1) is 21.3. The Morgan fingerprint density at radius 1 is 1.09 bits per heavy atom. The van der Waals surface area contributed by atoms with Crippen molar-refractivity contribution in [2.45, 2.75) is 50.9 Å². The average molecular weight is 456 g/mol. The van der Waals surface area contributed by atoms with Crippen LogP contribution in [0.1, 0.15) is 47.4 Å². The number of aromatic nitrogens is 4. The SMILES string of the molecule is Cc1[nH]nc2c(C(=O)NC3CCC(Nc4cccc5nc(C(F)(F)F)cn45)CC3)cccc12. The molecule has 1 aliphatic carbocycles. The maximum Gasteiger partial charge on any atom is 0.434 e. The molecule has 1 amide bonds. The van der Waals surface area contributed by atoms with Gasteiger partial charge in [-0.25, -0.2) is 4.98 Å². The third-order valence-electron chi connectivity index (χ3n) is 6.22. The number of benzene rings is 1. The number of H-pyrrole nitrogens is 1. The number of hydrogen-bond donors (Lipinski definition) is 3. The van der Waals surface area contributed by atoms with E-state index in [1.807, 2.05) is 19.1 Å². The Balaban J connectivity index is 1.23. The Hall–Kier alpha value is -3.56. The summed E-state index contributed by atoms with van der Waals surface area (Å²) in [6.45, 7) is 1.92. The summed E-state index contributed by atoms with van der Waals surface area (Å²) in [5.41, 5.74) is 1.46. The van der Waals surface area contributed by atoms with Crippen molar-refractivity contribution in [2.24, 2.45) is 0 Å². The van der Waals surface area contributed by atoms with E-state index in [0.717, 1.165) is 43.0 Å². The number of aromatic amines is 1. The van der Waals surface area contributed by atoms with Crippen molar-refractivity contribution in [3.8, 4) is 0 Å². The molecule has 0 spiro atoms. The van der Waals surface area contributed by atoms with Gasteiger partial charge in [0.1, 0.15) is 17.0 Å². The van der Waals surface area contributed by atoms with Gasteiger partial charge in [-0.2, -0.15) is 18.3 Å². The number of aryl methyl sites for hydroxylation is 1. The zero-order chi connectivity index (χ0) is 23.2. The fourth-order valence-electron chi connectivity index (χ4n) is 4.47. The van der Waals surface area contributed by atoms with Crippen LogP contribution in [-0.4, -0.2) is 37.6 Å². The summed E-state index contributed by atoms with van der Waals surface area (Å²) in [6, 6.07) is 10.7. The molecule has 10 heteroatoms. The summed E-state index contributed by atoms with van der Waals surface area (Å²) in [5, 5.41) is 14.6. The number of carbonyl (C=O) groups is 1. The van der Waals surface area contributed by atoms with Gasteiger partial charge in [-0.1, -0.05) is 18.2 Å². The number of fused-ring (bicyclic) bond motifs is 2. The molecule has 5 rings (SSSR count). The highest BCUT2D eigenvalue weighted by Gasteiger charge is 2.34. The van der Waals surface area contributed by atoms with E-state index >= 15 is 0 Å². The molecule has 0 aliphatic heterocycles. The lowest BCUT2D eigenvalue weighted by molar-refractivity contribution is -0.140. The standard InChI is InChI=1S/C23H23F3N6O/c1-13-16-4-2-5-17(21(16)31-30-13)22(33)28-15-10-8-14(9-11-15)27-19-6-3-7-20-29-18(12-32(19)20)23(24,25)26/h2-7,12,14-15,27H,8-11H2,1H3,(H,28,33)(H,30,31). The van der Waals surface area contributed by atoms with E-state index in [1.54, 1.807) is 24.3 Å². The maximum atomic E-state index is 13.0. The van der Waals surface area contributed by atoms with Crippen LogP contribution in [0.5, 0.6) is 0 Å². The van der Waals surface area contributed by atoms with Gasteiger partial charge in [0.15, 0.2) is 5.69 Å². The van der Waals surface area contributed by atoms with Crippen LogP contribution in [-0.2, 0) is 6.18 Å². The largest absolute Gasteiger partial charge is 0.434 e. The molecule has 0 radical (unpaired) electrons. The van der Waals surface area contributed by atoms with Crippen LogP contribution in [0, 0.1) is 6.92 Å². The molecule has 1 saturated carbocycles. The van der Waals surface area contributed by atoms with Crippen molar-refractivity contribution in [1.82, 2.24) is 24.9 Å². The van der Waals surface area contributed by atoms with Crippen molar-refractivity contribution in [3.63, 3.8) is 0 Å². The summed E-state index contributed by atoms with van der Waals surface area (Å²) in [7, 11) is 0. The number of hydrogen-bond acceptors (Lipinski definition) is 4. The highest BCUT2D eigenvalue weighted by atomic mass is 19.4. The van der Waals surface area contributed by atoms with Crippen molar-refractivity contribution >= 4 is 28.3 Å². The van der Waals surface area contributed by atoms with Crippen LogP contribution in [0.4, 0.5) is 19.0 Å². The fraction of sp³-hybridized carbons (Fsp3) is 0.348. The predicted molar refractivity (Wildman–Crippen MR) is 118 cm³/mol. The molecule has 1 aliphatic rings. The van der Waals surface area contributed by atoms with Crippen LogP contribution in [0.3, 0.4) is 0 Å². The molecule has 4 aromatic rings. The molecule has 3 heterocycles. The van der Waals surface area contributed by atoms with E-state index in [2.05, 4.69) is 25.8 Å². The zero-order valence-electron chi connectivity index (χ0n) is 17.9. The van der Waals surface area contributed by atoms with Crippen LogP contribution in [0.15, 0.2) is 42.6 Å².